The van der Waals surface area contributed by atoms with Gasteiger partial charge in [0.25, 0.3) is 5.91 Å². The quantitative estimate of drug-likeness (QED) is 0.382. The molecular weight excluding hydrogens is 296 g/mol. The zero-order valence-corrected chi connectivity index (χ0v) is 12.0. The molecule has 10 nitrogen and oxygen atoms in total. The summed E-state index contributed by atoms with van der Waals surface area (Å²) in [6, 6.07) is 0. The molecule has 1 fully saturated rings. The van der Waals surface area contributed by atoms with Crippen molar-refractivity contribution < 1.29 is 29.4 Å². The van der Waals surface area contributed by atoms with Crippen LogP contribution in [0.3, 0.4) is 0 Å². The molecule has 0 spiro atoms. The summed E-state index contributed by atoms with van der Waals surface area (Å²) in [6.45, 7) is 1.74. The Labute approximate surface area is 126 Å². The van der Waals surface area contributed by atoms with Gasteiger partial charge in [0.1, 0.15) is 18.3 Å². The molecule has 5 atom stereocenters. The number of hydrogen-bond donors (Lipinski definition) is 5. The molecule has 10 heteroatoms. The summed E-state index contributed by atoms with van der Waals surface area (Å²) in [5.41, 5.74) is 5.40. The summed E-state index contributed by atoms with van der Waals surface area (Å²) in [5, 5.41) is 35.4. The van der Waals surface area contributed by atoms with Crippen molar-refractivity contribution in [2.75, 3.05) is 6.54 Å². The Bertz CT molecular complexity index is 508. The van der Waals surface area contributed by atoms with Crippen LogP contribution in [0.4, 0.5) is 0 Å². The van der Waals surface area contributed by atoms with Gasteiger partial charge in [0.05, 0.1) is 12.6 Å². The molecule has 0 radical (unpaired) electrons. The lowest BCUT2D eigenvalue weighted by Gasteiger charge is -2.39. The predicted octanol–water partition coefficient (Wildman–Crippen LogP) is -2.94. The van der Waals surface area contributed by atoms with Gasteiger partial charge in [0, 0.05) is 13.0 Å². The number of aryl methyl sites for hydroxylation is 1. The third kappa shape index (κ3) is 3.42. The Kier molecular flexibility index (Phi) is 5.42. The van der Waals surface area contributed by atoms with Gasteiger partial charge in [-0.2, -0.15) is 4.98 Å². The second-order valence-corrected chi connectivity index (χ2v) is 4.98. The van der Waals surface area contributed by atoms with E-state index in [4.69, 9.17) is 15.0 Å². The number of carbonyl (C=O) groups is 1. The summed E-state index contributed by atoms with van der Waals surface area (Å²) < 4.78 is 10.1. The van der Waals surface area contributed by atoms with Crippen molar-refractivity contribution in [3.05, 3.63) is 11.7 Å². The van der Waals surface area contributed by atoms with E-state index >= 15 is 0 Å². The van der Waals surface area contributed by atoms with Gasteiger partial charge in [-0.15, -0.1) is 0 Å². The molecule has 1 aliphatic heterocycles. The molecule has 1 aromatic rings. The van der Waals surface area contributed by atoms with Gasteiger partial charge in [-0.25, -0.2) is 0 Å². The Morgan fingerprint density at radius 2 is 2.05 bits per heavy atom. The van der Waals surface area contributed by atoms with Crippen molar-refractivity contribution in [2.45, 2.75) is 50.4 Å². The fourth-order valence-corrected chi connectivity index (χ4v) is 2.13. The van der Waals surface area contributed by atoms with Crippen molar-refractivity contribution >= 4 is 5.91 Å². The molecule has 1 aliphatic rings. The van der Waals surface area contributed by atoms with Gasteiger partial charge in [-0.3, -0.25) is 4.79 Å². The van der Waals surface area contributed by atoms with E-state index < -0.39 is 36.4 Å². The second-order valence-electron chi connectivity index (χ2n) is 4.98. The molecule has 22 heavy (non-hydrogen) atoms. The van der Waals surface area contributed by atoms with Crippen LogP contribution in [-0.2, 0) is 22.5 Å². The average molecular weight is 316 g/mol. The van der Waals surface area contributed by atoms with Gasteiger partial charge in [-0.1, -0.05) is 12.1 Å². The highest BCUT2D eigenvalue weighted by Gasteiger charge is 2.46. The summed E-state index contributed by atoms with van der Waals surface area (Å²) in [5.74, 6) is 0.0612. The van der Waals surface area contributed by atoms with Crippen molar-refractivity contribution in [1.29, 1.82) is 0 Å². The van der Waals surface area contributed by atoms with Crippen LogP contribution in [0, 0.1) is 0 Å². The summed E-state index contributed by atoms with van der Waals surface area (Å²) in [6.07, 6.45) is -6.14. The number of carbonyl (C=O) groups excluding carboxylic acids is 1. The molecule has 2 heterocycles. The number of aliphatic hydroxyl groups excluding tert-OH is 3. The predicted molar refractivity (Wildman–Crippen MR) is 71.3 cm³/mol. The Morgan fingerprint density at radius 1 is 1.32 bits per heavy atom. The minimum absolute atomic E-state index is 0.0130. The van der Waals surface area contributed by atoms with Gasteiger partial charge in [-0.05, 0) is 0 Å². The summed E-state index contributed by atoms with van der Waals surface area (Å²) >= 11 is 0. The molecular formula is C12H20N4O6. The largest absolute Gasteiger partial charge is 0.388 e. The van der Waals surface area contributed by atoms with Crippen LogP contribution >= 0.6 is 0 Å². The lowest BCUT2D eigenvalue weighted by Crippen LogP contribution is -2.62. The minimum atomic E-state index is -1.56. The number of ether oxygens (including phenoxy) is 1. The van der Waals surface area contributed by atoms with Gasteiger partial charge >= 0.3 is 0 Å². The molecule has 0 aliphatic carbocycles. The van der Waals surface area contributed by atoms with Gasteiger partial charge < -0.3 is 35.6 Å². The standard InChI is InChI=1S/C12H20N4O6/c1-2-7-15-6(16-22-7)4-14-12(20)11-10(19)9(18)8(17)5(3-13)21-11/h5,8-11,17-19H,2-4,13H2,1H3,(H,14,20)/t5-,8-,9+,10+,11-/m0/s1. The molecule has 0 unspecified atom stereocenters. The smallest absolute Gasteiger partial charge is 0.252 e. The van der Waals surface area contributed by atoms with Crippen molar-refractivity contribution in [2.24, 2.45) is 5.73 Å². The monoisotopic (exact) mass is 316 g/mol. The first-order chi connectivity index (χ1) is 10.5. The van der Waals surface area contributed by atoms with Crippen LogP contribution in [0.15, 0.2) is 4.52 Å². The van der Waals surface area contributed by atoms with Crippen LogP contribution < -0.4 is 11.1 Å². The second kappa shape index (κ2) is 7.11. The lowest BCUT2D eigenvalue weighted by atomic mass is 9.94. The molecule has 0 aromatic carbocycles. The molecule has 1 amide bonds. The van der Waals surface area contributed by atoms with Crippen molar-refractivity contribution in [1.82, 2.24) is 15.5 Å². The van der Waals surface area contributed by atoms with E-state index in [-0.39, 0.29) is 18.9 Å². The number of aromatic nitrogens is 2. The van der Waals surface area contributed by atoms with E-state index in [1.54, 1.807) is 0 Å². The Morgan fingerprint density at radius 3 is 2.64 bits per heavy atom. The normalized spacial score (nSPS) is 32.0. The van der Waals surface area contributed by atoms with Crippen LogP contribution in [0.2, 0.25) is 0 Å². The first-order valence-corrected chi connectivity index (χ1v) is 6.96. The average Bonchev–Trinajstić information content (AvgIpc) is 2.99. The minimum Gasteiger partial charge on any atom is -0.388 e. The maximum Gasteiger partial charge on any atom is 0.252 e. The first kappa shape index (κ1) is 16.8. The molecule has 1 saturated heterocycles. The molecule has 2 rings (SSSR count). The SMILES string of the molecule is CCc1nc(CNC(=O)[C@H]2O[C@@H](CN)[C@H](O)[C@@H](O)[C@H]2O)no1. The molecule has 124 valence electrons. The number of aliphatic hydroxyl groups is 3. The summed E-state index contributed by atoms with van der Waals surface area (Å²) in [4.78, 5) is 16.1. The first-order valence-electron chi connectivity index (χ1n) is 6.96. The van der Waals surface area contributed by atoms with E-state index in [2.05, 4.69) is 15.5 Å². The highest BCUT2D eigenvalue weighted by molar-refractivity contribution is 5.81. The number of nitrogens with one attached hydrogen (secondary N) is 1. The fraction of sp³-hybridized carbons (Fsp3) is 0.750. The van der Waals surface area contributed by atoms with E-state index in [1.165, 1.54) is 0 Å². The number of amides is 1. The van der Waals surface area contributed by atoms with Crippen molar-refractivity contribution in [3.63, 3.8) is 0 Å². The van der Waals surface area contributed by atoms with Gasteiger partial charge in [0.15, 0.2) is 11.9 Å². The van der Waals surface area contributed by atoms with Crippen LogP contribution in [0.5, 0.6) is 0 Å². The van der Waals surface area contributed by atoms with Crippen LogP contribution in [0.25, 0.3) is 0 Å². The maximum atomic E-state index is 12.1. The highest BCUT2D eigenvalue weighted by Crippen LogP contribution is 2.21. The molecule has 0 bridgehead atoms. The number of nitrogens with zero attached hydrogens (tertiary/aromatic N) is 2. The Balaban J connectivity index is 1.95. The number of rotatable bonds is 5. The third-order valence-corrected chi connectivity index (χ3v) is 3.44. The topological polar surface area (TPSA) is 164 Å². The number of nitrogens with two attached hydrogens (primary N) is 1. The van der Waals surface area contributed by atoms with Crippen LogP contribution in [-0.4, -0.2) is 68.4 Å². The third-order valence-electron chi connectivity index (χ3n) is 3.44. The lowest BCUT2D eigenvalue weighted by molar-refractivity contribution is -0.218. The van der Waals surface area contributed by atoms with E-state index in [1.807, 2.05) is 6.92 Å². The van der Waals surface area contributed by atoms with Gasteiger partial charge in [0.2, 0.25) is 5.89 Å². The zero-order chi connectivity index (χ0) is 16.3. The van der Waals surface area contributed by atoms with Crippen molar-refractivity contribution in [3.8, 4) is 0 Å². The summed E-state index contributed by atoms with van der Waals surface area (Å²) in [7, 11) is 0. The molecule has 6 N–H and O–H groups in total. The molecule has 1 aromatic heterocycles. The van der Waals surface area contributed by atoms with E-state index in [0.717, 1.165) is 0 Å². The van der Waals surface area contributed by atoms with E-state index in [0.29, 0.717) is 12.3 Å². The highest BCUT2D eigenvalue weighted by atomic mass is 16.5. The molecule has 0 saturated carbocycles. The zero-order valence-electron chi connectivity index (χ0n) is 12.0. The van der Waals surface area contributed by atoms with Crippen LogP contribution in [0.1, 0.15) is 18.6 Å². The maximum absolute atomic E-state index is 12.1. The van der Waals surface area contributed by atoms with E-state index in [9.17, 15) is 20.1 Å². The Hall–Kier alpha value is -1.59. The fourth-order valence-electron chi connectivity index (χ4n) is 2.13. The number of hydrogen-bond acceptors (Lipinski definition) is 9.